The topological polar surface area (TPSA) is 0 Å². The molecule has 2 unspecified atom stereocenters. The van der Waals surface area contributed by atoms with Crippen molar-refractivity contribution in [2.24, 2.45) is 0 Å². The maximum absolute atomic E-state index is 2.47. The Morgan fingerprint density at radius 3 is 2.29 bits per heavy atom. The van der Waals surface area contributed by atoms with E-state index in [0.717, 1.165) is 11.8 Å². The minimum absolute atomic E-state index is 0.748. The van der Waals surface area contributed by atoms with Crippen molar-refractivity contribution in [2.75, 3.05) is 0 Å². The quantitative estimate of drug-likeness (QED) is 0.613. The molecule has 0 radical (unpaired) electrons. The van der Waals surface area contributed by atoms with Gasteiger partial charge in [0.05, 0.1) is 0 Å². The lowest BCUT2D eigenvalue weighted by molar-refractivity contribution is 0.527. The average Bonchev–Trinajstić information content (AvgIpc) is 3.17. The summed E-state index contributed by atoms with van der Waals surface area (Å²) in [6, 6.07) is 7.20. The van der Waals surface area contributed by atoms with E-state index >= 15 is 0 Å². The molecule has 1 aromatic carbocycles. The zero-order chi connectivity index (χ0) is 12.0. The monoisotopic (exact) mass is 226 g/mol. The minimum atomic E-state index is 0.748. The zero-order valence-electron chi connectivity index (χ0n) is 11.2. The molecule has 0 heterocycles. The second-order valence-electron chi connectivity index (χ2n) is 5.95. The predicted octanol–water partition coefficient (Wildman–Crippen LogP) is 5.25. The highest BCUT2D eigenvalue weighted by atomic mass is 14.3. The molecule has 90 valence electrons. The first-order valence-corrected chi connectivity index (χ1v) is 6.99. The number of allylic oxidation sites excluding steroid dienone is 2. The Morgan fingerprint density at radius 2 is 1.65 bits per heavy atom. The smallest absolute Gasteiger partial charge is 0.0187 e. The second kappa shape index (κ2) is 4.01. The standard InChI is InChI=1S/C17H22/c1-11-4-5-12(2)17-10-15(8-9-16(11)17)13(3)14-6-7-14/h8-12H,4-7H2,1-3H3. The van der Waals surface area contributed by atoms with Crippen molar-refractivity contribution in [3.05, 3.63) is 40.5 Å². The average molecular weight is 226 g/mol. The van der Waals surface area contributed by atoms with Crippen molar-refractivity contribution in [1.82, 2.24) is 0 Å². The summed E-state index contributed by atoms with van der Waals surface area (Å²) >= 11 is 0. The molecule has 1 fully saturated rings. The van der Waals surface area contributed by atoms with Gasteiger partial charge in [0.25, 0.3) is 0 Å². The lowest BCUT2D eigenvalue weighted by atomic mass is 9.77. The summed E-state index contributed by atoms with van der Waals surface area (Å²) in [5.41, 5.74) is 7.89. The van der Waals surface area contributed by atoms with E-state index in [0.29, 0.717) is 0 Å². The first-order chi connectivity index (χ1) is 8.16. The van der Waals surface area contributed by atoms with Crippen LogP contribution in [0.2, 0.25) is 0 Å². The van der Waals surface area contributed by atoms with Crippen LogP contribution in [-0.2, 0) is 0 Å². The zero-order valence-corrected chi connectivity index (χ0v) is 11.2. The highest BCUT2D eigenvalue weighted by molar-refractivity contribution is 5.70. The Bertz CT molecular complexity index is 473. The van der Waals surface area contributed by atoms with E-state index in [9.17, 15) is 0 Å². The molecule has 1 aromatic rings. The van der Waals surface area contributed by atoms with Gasteiger partial charge >= 0.3 is 0 Å². The molecule has 0 nitrogen and oxygen atoms in total. The highest BCUT2D eigenvalue weighted by Gasteiger charge is 2.23. The molecule has 0 aromatic heterocycles. The molecule has 17 heavy (non-hydrogen) atoms. The third-order valence-corrected chi connectivity index (χ3v) is 4.64. The summed E-state index contributed by atoms with van der Waals surface area (Å²) in [6.07, 6.45) is 5.37. The molecule has 1 saturated carbocycles. The van der Waals surface area contributed by atoms with Gasteiger partial charge in [-0.05, 0) is 66.7 Å². The first-order valence-electron chi connectivity index (χ1n) is 6.99. The van der Waals surface area contributed by atoms with E-state index in [1.807, 2.05) is 0 Å². The molecule has 0 N–H and O–H groups in total. The van der Waals surface area contributed by atoms with Crippen LogP contribution in [0.5, 0.6) is 0 Å². The van der Waals surface area contributed by atoms with Gasteiger partial charge in [0.2, 0.25) is 0 Å². The molecule has 2 atom stereocenters. The Balaban J connectivity index is 2.05. The fourth-order valence-corrected chi connectivity index (χ4v) is 3.14. The summed E-state index contributed by atoms with van der Waals surface area (Å²) in [4.78, 5) is 0. The molecule has 0 spiro atoms. The van der Waals surface area contributed by atoms with Crippen LogP contribution < -0.4 is 0 Å². The first kappa shape index (κ1) is 11.1. The molecule has 0 bridgehead atoms. The summed E-state index contributed by atoms with van der Waals surface area (Å²) < 4.78 is 0. The largest absolute Gasteiger partial charge is 0.0661 e. The van der Waals surface area contributed by atoms with Crippen molar-refractivity contribution in [3.8, 4) is 0 Å². The van der Waals surface area contributed by atoms with Gasteiger partial charge in [0.1, 0.15) is 0 Å². The summed E-state index contributed by atoms with van der Waals surface area (Å²) in [5.74, 6) is 1.50. The fourth-order valence-electron chi connectivity index (χ4n) is 3.14. The number of hydrogen-bond acceptors (Lipinski definition) is 0. The van der Waals surface area contributed by atoms with Crippen molar-refractivity contribution < 1.29 is 0 Å². The Labute approximate surface area is 105 Å². The van der Waals surface area contributed by atoms with Gasteiger partial charge in [-0.3, -0.25) is 0 Å². The second-order valence-corrected chi connectivity index (χ2v) is 5.95. The lowest BCUT2D eigenvalue weighted by Crippen LogP contribution is -2.10. The van der Waals surface area contributed by atoms with Crippen LogP contribution in [0.15, 0.2) is 23.8 Å². The van der Waals surface area contributed by atoms with Crippen molar-refractivity contribution in [2.45, 2.75) is 58.3 Å². The van der Waals surface area contributed by atoms with Gasteiger partial charge in [0.15, 0.2) is 0 Å². The van der Waals surface area contributed by atoms with Gasteiger partial charge in [-0.1, -0.05) is 37.6 Å². The normalized spacial score (nSPS) is 26.6. The van der Waals surface area contributed by atoms with Crippen LogP contribution in [0.4, 0.5) is 0 Å². The van der Waals surface area contributed by atoms with E-state index in [2.05, 4.69) is 39.0 Å². The molecular formula is C17H22. The van der Waals surface area contributed by atoms with E-state index in [1.165, 1.54) is 31.2 Å². The van der Waals surface area contributed by atoms with E-state index < -0.39 is 0 Å². The third kappa shape index (κ3) is 1.94. The SMILES string of the molecule is CC(=C1CC1)c1ccc2c(c1)C(C)CCC2C. The summed E-state index contributed by atoms with van der Waals surface area (Å²) in [5, 5.41) is 0. The Hall–Kier alpha value is -1.04. The van der Waals surface area contributed by atoms with Crippen molar-refractivity contribution in [3.63, 3.8) is 0 Å². The van der Waals surface area contributed by atoms with Gasteiger partial charge < -0.3 is 0 Å². The van der Waals surface area contributed by atoms with Gasteiger partial charge in [-0.2, -0.15) is 0 Å². The van der Waals surface area contributed by atoms with Gasteiger partial charge in [-0.25, -0.2) is 0 Å². The van der Waals surface area contributed by atoms with Gasteiger partial charge in [0, 0.05) is 0 Å². The molecular weight excluding hydrogens is 204 g/mol. The molecule has 0 heteroatoms. The number of hydrogen-bond donors (Lipinski definition) is 0. The summed E-state index contributed by atoms with van der Waals surface area (Å²) in [7, 11) is 0. The fraction of sp³-hybridized carbons (Fsp3) is 0.529. The van der Waals surface area contributed by atoms with Crippen LogP contribution in [0.1, 0.15) is 75.0 Å². The van der Waals surface area contributed by atoms with Crippen molar-refractivity contribution >= 4 is 5.57 Å². The maximum Gasteiger partial charge on any atom is -0.0187 e. The van der Waals surface area contributed by atoms with Crippen molar-refractivity contribution in [1.29, 1.82) is 0 Å². The molecule has 3 rings (SSSR count). The molecule has 2 aliphatic rings. The Kier molecular flexibility index (Phi) is 2.61. The molecule has 0 saturated heterocycles. The van der Waals surface area contributed by atoms with Crippen LogP contribution in [0.3, 0.4) is 0 Å². The maximum atomic E-state index is 2.47. The minimum Gasteiger partial charge on any atom is -0.0661 e. The molecule has 2 aliphatic carbocycles. The van der Waals surface area contributed by atoms with Crippen LogP contribution in [0, 0.1) is 0 Å². The number of fused-ring (bicyclic) bond motifs is 1. The predicted molar refractivity (Wildman–Crippen MR) is 74.3 cm³/mol. The van der Waals surface area contributed by atoms with Gasteiger partial charge in [-0.15, -0.1) is 0 Å². The van der Waals surface area contributed by atoms with E-state index in [-0.39, 0.29) is 0 Å². The number of rotatable bonds is 1. The third-order valence-electron chi connectivity index (χ3n) is 4.64. The number of benzene rings is 1. The van der Waals surface area contributed by atoms with E-state index in [4.69, 9.17) is 0 Å². The summed E-state index contributed by atoms with van der Waals surface area (Å²) in [6.45, 7) is 7.05. The lowest BCUT2D eigenvalue weighted by Gasteiger charge is -2.28. The van der Waals surface area contributed by atoms with E-state index in [1.54, 1.807) is 22.3 Å². The van der Waals surface area contributed by atoms with Crippen LogP contribution >= 0.6 is 0 Å². The molecule has 0 aliphatic heterocycles. The highest BCUT2D eigenvalue weighted by Crippen LogP contribution is 2.41. The van der Waals surface area contributed by atoms with Crippen LogP contribution in [0.25, 0.3) is 5.57 Å². The molecule has 0 amide bonds. The van der Waals surface area contributed by atoms with Crippen LogP contribution in [-0.4, -0.2) is 0 Å². The Morgan fingerprint density at radius 1 is 1.00 bits per heavy atom.